The molecule has 0 saturated carbocycles. The summed E-state index contributed by atoms with van der Waals surface area (Å²) in [6.45, 7) is 0. The van der Waals surface area contributed by atoms with Crippen molar-refractivity contribution in [3.8, 4) is 0 Å². The molecule has 0 saturated heterocycles. The van der Waals surface area contributed by atoms with Gasteiger partial charge in [-0.3, -0.25) is 4.79 Å². The molecule has 0 aliphatic heterocycles. The Labute approximate surface area is 101 Å². The first-order valence-corrected chi connectivity index (χ1v) is 5.05. The first-order valence-electron chi connectivity index (χ1n) is 3.50. The fourth-order valence-electron chi connectivity index (χ4n) is 0.877. The quantitative estimate of drug-likeness (QED) is 0.550. The van der Waals surface area contributed by atoms with Crippen LogP contribution in [0.15, 0.2) is 16.6 Å². The number of halogens is 6. The van der Waals surface area contributed by atoms with E-state index in [1.807, 2.05) is 0 Å². The fourth-order valence-corrected chi connectivity index (χ4v) is 1.75. The second-order valence-corrected chi connectivity index (χ2v) is 4.18. The molecule has 1 rings (SSSR count). The molecular formula is C8H2BrCl2F3O. The van der Waals surface area contributed by atoms with Gasteiger partial charge in [-0.25, -0.2) is 0 Å². The SMILES string of the molecule is O=C(c1c(Cl)ccc(Br)c1Cl)C(F)(F)F. The molecule has 0 heterocycles. The summed E-state index contributed by atoms with van der Waals surface area (Å²) in [7, 11) is 0. The lowest BCUT2D eigenvalue weighted by molar-refractivity contribution is -0.0885. The van der Waals surface area contributed by atoms with Crippen molar-refractivity contribution in [2.75, 3.05) is 0 Å². The number of benzene rings is 1. The van der Waals surface area contributed by atoms with Crippen molar-refractivity contribution >= 4 is 44.9 Å². The molecule has 0 atom stereocenters. The largest absolute Gasteiger partial charge is 0.454 e. The number of alkyl halides is 3. The van der Waals surface area contributed by atoms with Crippen molar-refractivity contribution in [2.45, 2.75) is 6.18 Å². The summed E-state index contributed by atoms with van der Waals surface area (Å²) >= 11 is 13.9. The van der Waals surface area contributed by atoms with Gasteiger partial charge in [0.1, 0.15) is 0 Å². The minimum atomic E-state index is -4.99. The monoisotopic (exact) mass is 320 g/mol. The lowest BCUT2D eigenvalue weighted by atomic mass is 10.1. The number of hydrogen-bond donors (Lipinski definition) is 0. The predicted octanol–water partition coefficient (Wildman–Crippen LogP) is 4.50. The van der Waals surface area contributed by atoms with Crippen molar-refractivity contribution in [1.29, 1.82) is 0 Å². The molecule has 1 aromatic rings. The van der Waals surface area contributed by atoms with Gasteiger partial charge < -0.3 is 0 Å². The van der Waals surface area contributed by atoms with Crippen LogP contribution in [0.5, 0.6) is 0 Å². The van der Waals surface area contributed by atoms with Crippen LogP contribution in [-0.2, 0) is 0 Å². The zero-order valence-corrected chi connectivity index (χ0v) is 9.93. The average Bonchev–Trinajstić information content (AvgIpc) is 2.10. The van der Waals surface area contributed by atoms with E-state index in [2.05, 4.69) is 15.9 Å². The molecule has 1 nitrogen and oxygen atoms in total. The van der Waals surface area contributed by atoms with Crippen LogP contribution in [0.4, 0.5) is 13.2 Å². The normalized spacial score (nSPS) is 11.6. The molecule has 0 unspecified atom stereocenters. The lowest BCUT2D eigenvalue weighted by Crippen LogP contribution is -2.23. The van der Waals surface area contributed by atoms with E-state index < -0.39 is 17.5 Å². The predicted molar refractivity (Wildman–Crippen MR) is 54.5 cm³/mol. The third-order valence-electron chi connectivity index (χ3n) is 1.53. The molecule has 7 heteroatoms. The number of carbonyl (C=O) groups is 1. The number of hydrogen-bond acceptors (Lipinski definition) is 1. The van der Waals surface area contributed by atoms with E-state index in [1.165, 1.54) is 6.07 Å². The Morgan fingerprint density at radius 2 is 1.80 bits per heavy atom. The summed E-state index contributed by atoms with van der Waals surface area (Å²) in [4.78, 5) is 10.9. The Kier molecular flexibility index (Phi) is 3.68. The Hall–Kier alpha value is -0.260. The first kappa shape index (κ1) is 12.8. The highest BCUT2D eigenvalue weighted by Crippen LogP contribution is 2.35. The van der Waals surface area contributed by atoms with Crippen molar-refractivity contribution in [2.24, 2.45) is 0 Å². The van der Waals surface area contributed by atoms with Gasteiger partial charge in [0.05, 0.1) is 15.6 Å². The van der Waals surface area contributed by atoms with Crippen molar-refractivity contribution < 1.29 is 18.0 Å². The maximum Gasteiger partial charge on any atom is 0.454 e. The van der Waals surface area contributed by atoms with Gasteiger partial charge in [-0.1, -0.05) is 23.2 Å². The maximum absolute atomic E-state index is 12.1. The van der Waals surface area contributed by atoms with Crippen LogP contribution in [0.25, 0.3) is 0 Å². The molecule has 0 N–H and O–H groups in total. The highest BCUT2D eigenvalue weighted by atomic mass is 79.9. The van der Waals surface area contributed by atoms with Gasteiger partial charge in [-0.2, -0.15) is 13.2 Å². The molecule has 15 heavy (non-hydrogen) atoms. The van der Waals surface area contributed by atoms with Crippen molar-refractivity contribution in [3.63, 3.8) is 0 Å². The Bertz CT molecular complexity index is 417. The summed E-state index contributed by atoms with van der Waals surface area (Å²) < 4.78 is 36.6. The molecule has 0 aromatic heterocycles. The van der Waals surface area contributed by atoms with E-state index >= 15 is 0 Å². The summed E-state index contributed by atoms with van der Waals surface area (Å²) in [6.07, 6.45) is -4.99. The molecule has 0 amide bonds. The minimum Gasteiger partial charge on any atom is -0.284 e. The van der Waals surface area contributed by atoms with E-state index in [9.17, 15) is 18.0 Å². The summed E-state index contributed by atoms with van der Waals surface area (Å²) in [5, 5.41) is -0.671. The van der Waals surface area contributed by atoms with Crippen LogP contribution in [0.1, 0.15) is 10.4 Å². The number of Topliss-reactive ketones (excluding diaryl/α,β-unsaturated/α-hetero) is 1. The molecule has 82 valence electrons. The second kappa shape index (κ2) is 4.31. The van der Waals surface area contributed by atoms with Gasteiger partial charge in [-0.15, -0.1) is 0 Å². The molecule has 0 bridgehead atoms. The van der Waals surface area contributed by atoms with Crippen molar-refractivity contribution in [1.82, 2.24) is 0 Å². The first-order chi connectivity index (χ1) is 6.75. The Balaban J connectivity index is 3.38. The minimum absolute atomic E-state index is 0.182. The standard InChI is InChI=1S/C8H2BrCl2F3O/c9-3-1-2-4(10)5(6(3)11)7(15)8(12,13)14/h1-2H. The maximum atomic E-state index is 12.1. The summed E-state index contributed by atoms with van der Waals surface area (Å²) in [6, 6.07) is 2.52. The molecule has 0 radical (unpaired) electrons. The molecule has 0 spiro atoms. The fraction of sp³-hybridized carbons (Fsp3) is 0.125. The second-order valence-electron chi connectivity index (χ2n) is 2.55. The van der Waals surface area contributed by atoms with E-state index in [4.69, 9.17) is 23.2 Å². The van der Waals surface area contributed by atoms with Crippen LogP contribution < -0.4 is 0 Å². The van der Waals surface area contributed by atoms with Gasteiger partial charge in [0, 0.05) is 4.47 Å². The molecule has 0 aliphatic rings. The van der Waals surface area contributed by atoms with Crippen LogP contribution in [0.3, 0.4) is 0 Å². The number of carbonyl (C=O) groups excluding carboxylic acids is 1. The highest BCUT2D eigenvalue weighted by Gasteiger charge is 2.41. The molecule has 0 fully saturated rings. The molecule has 1 aromatic carbocycles. The van der Waals surface area contributed by atoms with Gasteiger partial charge in [-0.05, 0) is 28.1 Å². The lowest BCUT2D eigenvalue weighted by Gasteiger charge is -2.09. The summed E-state index contributed by atoms with van der Waals surface area (Å²) in [5.41, 5.74) is -0.736. The van der Waals surface area contributed by atoms with Gasteiger partial charge in [0.2, 0.25) is 0 Å². The Morgan fingerprint density at radius 1 is 1.27 bits per heavy atom. The van der Waals surface area contributed by atoms with Crippen LogP contribution in [0.2, 0.25) is 10.0 Å². The molecule has 0 aliphatic carbocycles. The number of rotatable bonds is 1. The third kappa shape index (κ3) is 2.65. The zero-order valence-electron chi connectivity index (χ0n) is 6.83. The van der Waals surface area contributed by atoms with Crippen LogP contribution in [-0.4, -0.2) is 12.0 Å². The van der Waals surface area contributed by atoms with E-state index in [-0.39, 0.29) is 14.5 Å². The van der Waals surface area contributed by atoms with E-state index in [0.717, 1.165) is 6.07 Å². The Morgan fingerprint density at radius 3 is 2.27 bits per heavy atom. The smallest absolute Gasteiger partial charge is 0.284 e. The van der Waals surface area contributed by atoms with Gasteiger partial charge >= 0.3 is 6.18 Å². The zero-order chi connectivity index (χ0) is 11.8. The third-order valence-corrected chi connectivity index (χ3v) is 3.13. The average molecular weight is 322 g/mol. The summed E-state index contributed by atoms with van der Waals surface area (Å²) in [5.74, 6) is -2.06. The number of ketones is 1. The van der Waals surface area contributed by atoms with Gasteiger partial charge in [0.25, 0.3) is 5.78 Å². The highest BCUT2D eigenvalue weighted by molar-refractivity contribution is 9.10. The van der Waals surface area contributed by atoms with Crippen LogP contribution >= 0.6 is 39.1 Å². The van der Waals surface area contributed by atoms with E-state index in [1.54, 1.807) is 0 Å². The topological polar surface area (TPSA) is 17.1 Å². The van der Waals surface area contributed by atoms with E-state index in [0.29, 0.717) is 0 Å². The van der Waals surface area contributed by atoms with Gasteiger partial charge in [0.15, 0.2) is 0 Å². The van der Waals surface area contributed by atoms with Crippen molar-refractivity contribution in [3.05, 3.63) is 32.2 Å². The molecular weight excluding hydrogens is 320 g/mol. The van der Waals surface area contributed by atoms with Crippen LogP contribution in [0, 0.1) is 0 Å².